The molecule has 8 atom stereocenters. The standard InChI is InChI=1S/C22H36O.C6H13NO3/c1-14-9-11-21(3)16(13-14)5-6-17-19-8-7-18(15(2)23)22(19,4)12-10-20(17)21;1-6(2,10)4-7-3-5(8)9/h14,16-20H,5-13H2,1-4H3;7,10H,3-4H2,1-2H3,(H,8,9). The highest BCUT2D eigenvalue weighted by Crippen LogP contribution is 2.67. The maximum Gasteiger partial charge on any atom is 0.317 e. The van der Waals surface area contributed by atoms with Crippen molar-refractivity contribution in [1.82, 2.24) is 5.32 Å². The topological polar surface area (TPSA) is 86.6 Å². The monoisotopic (exact) mass is 463 g/mol. The molecule has 0 spiro atoms. The lowest BCUT2D eigenvalue weighted by molar-refractivity contribution is -0.136. The number of hydrogen-bond acceptors (Lipinski definition) is 4. The Morgan fingerprint density at radius 2 is 1.61 bits per heavy atom. The van der Waals surface area contributed by atoms with E-state index in [2.05, 4.69) is 26.1 Å². The van der Waals surface area contributed by atoms with Crippen molar-refractivity contribution >= 4 is 11.8 Å². The molecule has 4 fully saturated rings. The lowest BCUT2D eigenvalue weighted by Crippen LogP contribution is -2.53. The van der Waals surface area contributed by atoms with Gasteiger partial charge in [-0.3, -0.25) is 9.59 Å². The number of nitrogens with one attached hydrogen (secondary N) is 1. The van der Waals surface area contributed by atoms with Gasteiger partial charge in [0.1, 0.15) is 5.78 Å². The number of fused-ring (bicyclic) bond motifs is 5. The van der Waals surface area contributed by atoms with E-state index in [4.69, 9.17) is 10.2 Å². The highest BCUT2D eigenvalue weighted by atomic mass is 16.4. The van der Waals surface area contributed by atoms with Crippen LogP contribution in [0.2, 0.25) is 0 Å². The number of Topliss-reactive ketones (excluding diaryl/α,β-unsaturated/α-hetero) is 1. The van der Waals surface area contributed by atoms with Crippen LogP contribution in [0.15, 0.2) is 0 Å². The quantitative estimate of drug-likeness (QED) is 0.515. The lowest BCUT2D eigenvalue weighted by atomic mass is 9.44. The van der Waals surface area contributed by atoms with E-state index in [1.54, 1.807) is 13.8 Å². The Bertz CT molecular complexity index is 715. The zero-order chi connectivity index (χ0) is 24.6. The minimum Gasteiger partial charge on any atom is -0.480 e. The van der Waals surface area contributed by atoms with Crippen LogP contribution in [-0.2, 0) is 9.59 Å². The molecule has 33 heavy (non-hydrogen) atoms. The van der Waals surface area contributed by atoms with Crippen molar-refractivity contribution in [2.45, 2.75) is 105 Å². The molecule has 0 aromatic heterocycles. The third kappa shape index (κ3) is 5.66. The molecule has 0 saturated heterocycles. The van der Waals surface area contributed by atoms with Gasteiger partial charge in [-0.25, -0.2) is 0 Å². The lowest BCUT2D eigenvalue weighted by Gasteiger charge is -2.61. The first-order chi connectivity index (χ1) is 15.3. The van der Waals surface area contributed by atoms with Crippen LogP contribution in [0.3, 0.4) is 0 Å². The molecule has 0 heterocycles. The van der Waals surface area contributed by atoms with Crippen LogP contribution in [0.25, 0.3) is 0 Å². The van der Waals surface area contributed by atoms with E-state index in [0.29, 0.717) is 29.1 Å². The summed E-state index contributed by atoms with van der Waals surface area (Å²) >= 11 is 0. The summed E-state index contributed by atoms with van der Waals surface area (Å²) in [6.07, 6.45) is 12.6. The fourth-order valence-electron chi connectivity index (χ4n) is 8.62. The molecule has 0 bridgehead atoms. The van der Waals surface area contributed by atoms with Crippen molar-refractivity contribution in [3.8, 4) is 0 Å². The van der Waals surface area contributed by atoms with E-state index in [9.17, 15) is 9.59 Å². The van der Waals surface area contributed by atoms with E-state index >= 15 is 0 Å². The summed E-state index contributed by atoms with van der Waals surface area (Å²) in [6.45, 7) is 12.9. The summed E-state index contributed by atoms with van der Waals surface area (Å²) in [5.74, 6) is 4.58. The van der Waals surface area contributed by atoms with E-state index in [1.165, 1.54) is 57.8 Å². The molecule has 4 aliphatic carbocycles. The average Bonchev–Trinajstić information content (AvgIpc) is 3.05. The maximum atomic E-state index is 12.2. The van der Waals surface area contributed by atoms with E-state index < -0.39 is 11.6 Å². The van der Waals surface area contributed by atoms with Gasteiger partial charge in [0, 0.05) is 12.5 Å². The first-order valence-electron chi connectivity index (χ1n) is 13.4. The molecule has 4 aliphatic rings. The number of rotatable bonds is 5. The highest BCUT2D eigenvalue weighted by molar-refractivity contribution is 5.79. The van der Waals surface area contributed by atoms with Crippen LogP contribution in [0, 0.1) is 46.3 Å². The molecule has 0 aliphatic heterocycles. The predicted molar refractivity (Wildman–Crippen MR) is 132 cm³/mol. The fraction of sp³-hybridized carbons (Fsp3) is 0.929. The van der Waals surface area contributed by atoms with Gasteiger partial charge in [0.25, 0.3) is 0 Å². The molecule has 8 unspecified atom stereocenters. The summed E-state index contributed by atoms with van der Waals surface area (Å²) in [5.41, 5.74) is 0.110. The Hall–Kier alpha value is -0.940. The minimum atomic E-state index is -0.913. The van der Waals surface area contributed by atoms with Crippen molar-refractivity contribution in [2.75, 3.05) is 13.1 Å². The summed E-state index contributed by atoms with van der Waals surface area (Å²) < 4.78 is 0. The summed E-state index contributed by atoms with van der Waals surface area (Å²) in [4.78, 5) is 22.1. The zero-order valence-electron chi connectivity index (χ0n) is 22.0. The maximum absolute atomic E-state index is 12.2. The number of carbonyl (C=O) groups excluding carboxylic acids is 1. The van der Waals surface area contributed by atoms with Gasteiger partial charge in [-0.1, -0.05) is 27.2 Å². The molecular weight excluding hydrogens is 414 g/mol. The van der Waals surface area contributed by atoms with Gasteiger partial charge in [0.05, 0.1) is 12.1 Å². The van der Waals surface area contributed by atoms with Crippen LogP contribution in [0.5, 0.6) is 0 Å². The van der Waals surface area contributed by atoms with Gasteiger partial charge in [-0.05, 0) is 113 Å². The summed E-state index contributed by atoms with van der Waals surface area (Å²) in [7, 11) is 0. The van der Waals surface area contributed by atoms with E-state index in [1.807, 2.05) is 6.92 Å². The summed E-state index contributed by atoms with van der Waals surface area (Å²) in [5, 5.41) is 19.8. The van der Waals surface area contributed by atoms with Gasteiger partial charge >= 0.3 is 5.97 Å². The van der Waals surface area contributed by atoms with Crippen molar-refractivity contribution in [2.24, 2.45) is 46.3 Å². The second kappa shape index (κ2) is 9.97. The van der Waals surface area contributed by atoms with Gasteiger partial charge in [-0.15, -0.1) is 0 Å². The van der Waals surface area contributed by atoms with Crippen molar-refractivity contribution in [3.63, 3.8) is 0 Å². The molecule has 5 nitrogen and oxygen atoms in total. The molecule has 5 heteroatoms. The summed E-state index contributed by atoms with van der Waals surface area (Å²) in [6, 6.07) is 0. The number of carbonyl (C=O) groups is 2. The Labute approximate surface area is 201 Å². The second-order valence-corrected chi connectivity index (χ2v) is 13.1. The number of carboxylic acids is 1. The molecule has 0 aromatic carbocycles. The molecular formula is C28H49NO4. The second-order valence-electron chi connectivity index (χ2n) is 13.1. The van der Waals surface area contributed by atoms with Gasteiger partial charge in [-0.2, -0.15) is 0 Å². The number of ketones is 1. The van der Waals surface area contributed by atoms with Crippen molar-refractivity contribution in [3.05, 3.63) is 0 Å². The first kappa shape index (κ1) is 26.7. The Morgan fingerprint density at radius 1 is 0.970 bits per heavy atom. The SMILES string of the molecule is CC(=O)C1CCC2C3CCC4CC(C)CCC4(C)C3CCC12C.CC(C)(O)CNCC(=O)O. The third-order valence-corrected chi connectivity index (χ3v) is 10.3. The van der Waals surface area contributed by atoms with Gasteiger partial charge in [0.15, 0.2) is 0 Å². The van der Waals surface area contributed by atoms with Gasteiger partial charge in [0.2, 0.25) is 0 Å². The number of aliphatic hydroxyl groups is 1. The van der Waals surface area contributed by atoms with Crippen molar-refractivity contribution < 1.29 is 19.8 Å². The number of hydrogen-bond donors (Lipinski definition) is 3. The Balaban J connectivity index is 0.000000262. The molecule has 4 rings (SSSR count). The Kier molecular flexibility index (Phi) is 8.05. The smallest absolute Gasteiger partial charge is 0.317 e. The predicted octanol–water partition coefficient (Wildman–Crippen LogP) is 5.30. The molecule has 190 valence electrons. The largest absolute Gasteiger partial charge is 0.480 e. The molecule has 0 aromatic rings. The first-order valence-corrected chi connectivity index (χ1v) is 13.4. The highest BCUT2D eigenvalue weighted by Gasteiger charge is 2.60. The van der Waals surface area contributed by atoms with Gasteiger partial charge < -0.3 is 15.5 Å². The molecule has 0 amide bonds. The van der Waals surface area contributed by atoms with Crippen LogP contribution in [0.4, 0.5) is 0 Å². The van der Waals surface area contributed by atoms with E-state index in [-0.39, 0.29) is 6.54 Å². The van der Waals surface area contributed by atoms with E-state index in [0.717, 1.165) is 29.6 Å². The van der Waals surface area contributed by atoms with Crippen LogP contribution in [0.1, 0.15) is 99.3 Å². The average molecular weight is 464 g/mol. The minimum absolute atomic E-state index is 0.107. The molecule has 3 N–H and O–H groups in total. The third-order valence-electron chi connectivity index (χ3n) is 10.3. The van der Waals surface area contributed by atoms with Crippen LogP contribution < -0.4 is 5.32 Å². The Morgan fingerprint density at radius 3 is 2.21 bits per heavy atom. The van der Waals surface area contributed by atoms with Crippen LogP contribution in [-0.4, -0.2) is 40.7 Å². The zero-order valence-corrected chi connectivity index (χ0v) is 22.0. The van der Waals surface area contributed by atoms with Crippen LogP contribution >= 0.6 is 0 Å². The molecule has 4 saturated carbocycles. The number of carboxylic acid groups (broad SMARTS) is 1. The van der Waals surface area contributed by atoms with Crippen molar-refractivity contribution in [1.29, 1.82) is 0 Å². The fourth-order valence-corrected chi connectivity index (χ4v) is 8.62. The molecule has 0 radical (unpaired) electrons. The normalized spacial score (nSPS) is 42.3. The number of aliphatic carboxylic acids is 1.